The van der Waals surface area contributed by atoms with Gasteiger partial charge in [0.2, 0.25) is 0 Å². The van der Waals surface area contributed by atoms with Crippen molar-refractivity contribution in [3.8, 4) is 21.8 Å². The van der Waals surface area contributed by atoms with E-state index < -0.39 is 0 Å². The molecule has 2 aromatic carbocycles. The Labute approximate surface area is 212 Å². The van der Waals surface area contributed by atoms with Gasteiger partial charge in [0.25, 0.3) is 5.91 Å². The van der Waals surface area contributed by atoms with E-state index in [1.165, 1.54) is 0 Å². The molecule has 0 radical (unpaired) electrons. The molecule has 0 atom stereocenters. The number of aryl methyl sites for hydroxylation is 2. The van der Waals surface area contributed by atoms with Gasteiger partial charge >= 0.3 is 0 Å². The Morgan fingerprint density at radius 1 is 1.11 bits per heavy atom. The highest BCUT2D eigenvalue weighted by Gasteiger charge is 2.24. The van der Waals surface area contributed by atoms with E-state index in [1.54, 1.807) is 18.4 Å². The lowest BCUT2D eigenvalue weighted by Crippen LogP contribution is -2.36. The Kier molecular flexibility index (Phi) is 5.66. The van der Waals surface area contributed by atoms with Gasteiger partial charge in [-0.05, 0) is 36.2 Å². The lowest BCUT2D eigenvalue weighted by atomic mass is 10.1. The van der Waals surface area contributed by atoms with Crippen LogP contribution in [0.5, 0.6) is 0 Å². The van der Waals surface area contributed by atoms with Crippen LogP contribution >= 0.6 is 11.3 Å². The number of carbonyl (C=O) groups is 1. The lowest BCUT2D eigenvalue weighted by Gasteiger charge is -2.28. The van der Waals surface area contributed by atoms with Gasteiger partial charge < -0.3 is 15.0 Å². The molecule has 182 valence electrons. The van der Waals surface area contributed by atoms with Crippen LogP contribution in [0.3, 0.4) is 0 Å². The first-order valence-electron chi connectivity index (χ1n) is 11.9. The van der Waals surface area contributed by atoms with Crippen LogP contribution in [0.4, 0.5) is 5.82 Å². The summed E-state index contributed by atoms with van der Waals surface area (Å²) in [6.07, 6.45) is 1.88. The van der Waals surface area contributed by atoms with E-state index in [-0.39, 0.29) is 5.91 Å². The molecule has 1 fully saturated rings. The maximum absolute atomic E-state index is 12.3. The molecule has 1 aliphatic rings. The molecule has 0 spiro atoms. The third-order valence-corrected chi connectivity index (χ3v) is 8.03. The molecule has 3 aromatic heterocycles. The Morgan fingerprint density at radius 2 is 1.92 bits per heavy atom. The molecule has 5 aromatic rings. The molecule has 0 saturated carbocycles. The zero-order valence-electron chi connectivity index (χ0n) is 20.4. The normalized spacial score (nSPS) is 14.0. The monoisotopic (exact) mass is 498 g/mol. The number of fused-ring (bicyclic) bond motifs is 2. The zero-order valence-corrected chi connectivity index (χ0v) is 21.2. The summed E-state index contributed by atoms with van der Waals surface area (Å²) in [5, 5.41) is 8.19. The molecule has 1 amide bonds. The fraction of sp³-hybridized carbons (Fsp3) is 0.259. The van der Waals surface area contributed by atoms with Gasteiger partial charge in [0, 0.05) is 48.6 Å². The molecule has 6 rings (SSSR count). The van der Waals surface area contributed by atoms with Crippen molar-refractivity contribution < 1.29 is 9.53 Å². The lowest BCUT2D eigenvalue weighted by molar-refractivity contribution is 0.0963. The molecular weight excluding hydrogens is 472 g/mol. The van der Waals surface area contributed by atoms with Gasteiger partial charge in [0.05, 0.1) is 35.1 Å². The molecular formula is C27H26N6O2S. The number of nitrogens with zero attached hydrogens (tertiary/aromatic N) is 5. The van der Waals surface area contributed by atoms with Crippen LogP contribution in [-0.2, 0) is 11.8 Å². The van der Waals surface area contributed by atoms with Gasteiger partial charge in [-0.15, -0.1) is 11.3 Å². The van der Waals surface area contributed by atoms with Gasteiger partial charge in [-0.1, -0.05) is 24.3 Å². The van der Waals surface area contributed by atoms with E-state index in [9.17, 15) is 4.79 Å². The predicted molar refractivity (Wildman–Crippen MR) is 144 cm³/mol. The van der Waals surface area contributed by atoms with Crippen LogP contribution in [0.25, 0.3) is 42.9 Å². The van der Waals surface area contributed by atoms with Crippen LogP contribution < -0.4 is 10.2 Å². The summed E-state index contributed by atoms with van der Waals surface area (Å²) in [7, 11) is 3.59. The second kappa shape index (κ2) is 9.00. The summed E-state index contributed by atoms with van der Waals surface area (Å²) in [6.45, 7) is 5.00. The maximum atomic E-state index is 12.3. The Morgan fingerprint density at radius 3 is 2.72 bits per heavy atom. The first-order chi connectivity index (χ1) is 17.5. The molecule has 9 heteroatoms. The van der Waals surface area contributed by atoms with Crippen molar-refractivity contribution in [2.45, 2.75) is 6.92 Å². The average Bonchev–Trinajstić information content (AvgIpc) is 3.48. The highest BCUT2D eigenvalue weighted by atomic mass is 32.1. The fourth-order valence-corrected chi connectivity index (χ4v) is 6.04. The van der Waals surface area contributed by atoms with Crippen molar-refractivity contribution in [1.82, 2.24) is 25.1 Å². The molecule has 8 nitrogen and oxygen atoms in total. The van der Waals surface area contributed by atoms with Crippen molar-refractivity contribution in [3.05, 3.63) is 59.8 Å². The van der Waals surface area contributed by atoms with Crippen LogP contribution in [0.1, 0.15) is 15.9 Å². The van der Waals surface area contributed by atoms with Gasteiger partial charge in [-0.3, -0.25) is 9.48 Å². The first-order valence-corrected chi connectivity index (χ1v) is 12.7. The summed E-state index contributed by atoms with van der Waals surface area (Å²) < 4.78 is 8.54. The van der Waals surface area contributed by atoms with E-state index in [0.29, 0.717) is 24.6 Å². The molecule has 0 aliphatic carbocycles. The number of hydrogen-bond donors (Lipinski definition) is 1. The van der Waals surface area contributed by atoms with E-state index in [4.69, 9.17) is 14.7 Å². The highest BCUT2D eigenvalue weighted by Crippen LogP contribution is 2.42. The van der Waals surface area contributed by atoms with Crippen molar-refractivity contribution in [2.24, 2.45) is 7.05 Å². The second-order valence-corrected chi connectivity index (χ2v) is 9.89. The third-order valence-electron chi connectivity index (χ3n) is 6.70. The number of carbonyl (C=O) groups excluding carboxylic acids is 1. The number of thiophene rings is 1. The minimum absolute atomic E-state index is 0.101. The number of ether oxygens (including phenoxy) is 1. The molecule has 1 saturated heterocycles. The minimum atomic E-state index is -0.101. The Hall–Kier alpha value is -3.82. The van der Waals surface area contributed by atoms with Gasteiger partial charge in [-0.2, -0.15) is 5.10 Å². The zero-order chi connectivity index (χ0) is 24.8. The van der Waals surface area contributed by atoms with E-state index in [2.05, 4.69) is 34.4 Å². The number of rotatable bonds is 4. The summed E-state index contributed by atoms with van der Waals surface area (Å²) >= 11 is 1.68. The number of anilines is 1. The average molecular weight is 499 g/mol. The van der Waals surface area contributed by atoms with E-state index in [0.717, 1.165) is 61.6 Å². The van der Waals surface area contributed by atoms with Gasteiger partial charge in [0.1, 0.15) is 0 Å². The number of hydrogen-bond acceptors (Lipinski definition) is 7. The molecule has 1 N–H and O–H groups in total. The molecule has 36 heavy (non-hydrogen) atoms. The van der Waals surface area contributed by atoms with Crippen LogP contribution in [0, 0.1) is 6.92 Å². The van der Waals surface area contributed by atoms with Gasteiger partial charge in [-0.25, -0.2) is 9.97 Å². The summed E-state index contributed by atoms with van der Waals surface area (Å²) in [5.74, 6) is 1.52. The quantitative estimate of drug-likeness (QED) is 0.395. The smallest absolute Gasteiger partial charge is 0.251 e. The largest absolute Gasteiger partial charge is 0.378 e. The summed E-state index contributed by atoms with van der Waals surface area (Å²) in [5.41, 5.74) is 5.66. The molecule has 0 bridgehead atoms. The highest BCUT2D eigenvalue weighted by molar-refractivity contribution is 7.23. The predicted octanol–water partition coefficient (Wildman–Crippen LogP) is 4.42. The number of nitrogens with one attached hydrogen (secondary N) is 1. The van der Waals surface area contributed by atoms with E-state index in [1.807, 2.05) is 48.3 Å². The van der Waals surface area contributed by atoms with Crippen molar-refractivity contribution >= 4 is 44.2 Å². The third kappa shape index (κ3) is 3.71. The standard InChI is InChI=1S/C27H26N6O2S/c1-16-22-24(36-23(16)17-6-4-7-18(14-17)27(34)28-2)26(33-10-12-35-13-11-33)31-25(30-22)19-8-5-9-21-20(19)15-29-32(21)3/h4-9,14-15H,10-13H2,1-3H3,(H,28,34). The number of morpholine rings is 1. The number of amides is 1. The van der Waals surface area contributed by atoms with Crippen LogP contribution in [-0.4, -0.2) is 59.0 Å². The Balaban J connectivity index is 1.58. The Bertz CT molecular complexity index is 1620. The van der Waals surface area contributed by atoms with Crippen molar-refractivity contribution in [2.75, 3.05) is 38.3 Å². The molecule has 0 unspecified atom stereocenters. The minimum Gasteiger partial charge on any atom is -0.378 e. The van der Waals surface area contributed by atoms with Gasteiger partial charge in [0.15, 0.2) is 11.6 Å². The van der Waals surface area contributed by atoms with Crippen LogP contribution in [0.2, 0.25) is 0 Å². The first kappa shape index (κ1) is 22.6. The number of benzene rings is 2. The van der Waals surface area contributed by atoms with E-state index >= 15 is 0 Å². The summed E-state index contributed by atoms with van der Waals surface area (Å²) in [4.78, 5) is 25.9. The second-order valence-electron chi connectivity index (χ2n) is 8.87. The topological polar surface area (TPSA) is 85.2 Å². The van der Waals surface area contributed by atoms with Crippen LogP contribution in [0.15, 0.2) is 48.7 Å². The SMILES string of the molecule is CNC(=O)c1cccc(-c2sc3c(N4CCOCC4)nc(-c4cccc5c4cnn5C)nc3c2C)c1. The van der Waals surface area contributed by atoms with Crippen molar-refractivity contribution in [3.63, 3.8) is 0 Å². The molecule has 4 heterocycles. The van der Waals surface area contributed by atoms with Crippen molar-refractivity contribution in [1.29, 1.82) is 0 Å². The summed E-state index contributed by atoms with van der Waals surface area (Å²) in [6, 6.07) is 13.9. The molecule has 1 aliphatic heterocycles. The maximum Gasteiger partial charge on any atom is 0.251 e. The number of aromatic nitrogens is 4. The fourth-order valence-electron chi connectivity index (χ4n) is 4.78.